The minimum atomic E-state index is -0.0789. The lowest BCUT2D eigenvalue weighted by Gasteiger charge is -2.22. The second kappa shape index (κ2) is 7.99. The van der Waals surface area contributed by atoms with Gasteiger partial charge >= 0.3 is 0 Å². The van der Waals surface area contributed by atoms with Gasteiger partial charge in [0, 0.05) is 34.6 Å². The zero-order chi connectivity index (χ0) is 22.4. The molecular weight excluding hydrogens is 414 g/mol. The summed E-state index contributed by atoms with van der Waals surface area (Å²) in [6, 6.07) is 15.3. The standard InChI is InChI=1S/C26H25N5O2/c32-23-13-18-14-27-26(31-24(18)20-3-1-2-4-21(20)29-23)28-19-9-7-16(8-10-19)25(33)30-22-12-15-5-6-17(22)11-15/h1-4,7-10,14-15,17,22H,5-6,11-13H2,(H,29,32)(H,30,33)(H,27,28,31)/t15-,17?,22?/m0/s1. The number of hydrogen-bond donors (Lipinski definition) is 3. The highest BCUT2D eigenvalue weighted by atomic mass is 16.2. The number of para-hydroxylation sites is 1. The topological polar surface area (TPSA) is 96.0 Å². The maximum Gasteiger partial charge on any atom is 0.251 e. The number of nitrogens with one attached hydrogen (secondary N) is 3. The fraction of sp³-hybridized carbons (Fsp3) is 0.308. The first-order valence-corrected chi connectivity index (χ1v) is 11.6. The van der Waals surface area contributed by atoms with Crippen LogP contribution in [0.15, 0.2) is 54.7 Å². The molecule has 2 saturated carbocycles. The molecule has 33 heavy (non-hydrogen) atoms. The Kier molecular flexibility index (Phi) is 4.82. The van der Waals surface area contributed by atoms with Gasteiger partial charge in [-0.1, -0.05) is 24.6 Å². The van der Waals surface area contributed by atoms with E-state index in [1.54, 1.807) is 6.20 Å². The Balaban J connectivity index is 1.19. The molecule has 2 fully saturated rings. The third-order valence-corrected chi connectivity index (χ3v) is 7.13. The lowest BCUT2D eigenvalue weighted by atomic mass is 9.95. The Morgan fingerprint density at radius 2 is 1.88 bits per heavy atom. The largest absolute Gasteiger partial charge is 0.349 e. The highest BCUT2D eigenvalue weighted by molar-refractivity contribution is 6.00. The number of carbonyl (C=O) groups is 2. The molecule has 2 aliphatic carbocycles. The van der Waals surface area contributed by atoms with Crippen LogP contribution < -0.4 is 16.0 Å². The highest BCUT2D eigenvalue weighted by Crippen LogP contribution is 2.44. The Morgan fingerprint density at radius 1 is 1.03 bits per heavy atom. The fourth-order valence-corrected chi connectivity index (χ4v) is 5.50. The molecule has 1 aliphatic heterocycles. The van der Waals surface area contributed by atoms with Gasteiger partial charge in [-0.25, -0.2) is 9.97 Å². The van der Waals surface area contributed by atoms with Gasteiger partial charge < -0.3 is 16.0 Å². The molecule has 6 rings (SSSR count). The van der Waals surface area contributed by atoms with Crippen LogP contribution in [0.2, 0.25) is 0 Å². The molecule has 3 atom stereocenters. The summed E-state index contributed by atoms with van der Waals surface area (Å²) < 4.78 is 0. The lowest BCUT2D eigenvalue weighted by Crippen LogP contribution is -2.38. The molecule has 3 aromatic rings. The number of benzene rings is 2. The molecule has 166 valence electrons. The van der Waals surface area contributed by atoms with E-state index in [4.69, 9.17) is 4.98 Å². The van der Waals surface area contributed by atoms with E-state index in [9.17, 15) is 9.59 Å². The summed E-state index contributed by atoms with van der Waals surface area (Å²) in [6.45, 7) is 0. The first kappa shape index (κ1) is 19.9. The van der Waals surface area contributed by atoms with Gasteiger partial charge in [-0.3, -0.25) is 9.59 Å². The number of hydrogen-bond acceptors (Lipinski definition) is 5. The average molecular weight is 440 g/mol. The SMILES string of the molecule is O=C1Cc2cnc(Nc3ccc(C(=O)NC4C[C@H]5CCC4C5)cc3)nc2-c2ccccc2N1. The van der Waals surface area contributed by atoms with Crippen molar-refractivity contribution in [3.63, 3.8) is 0 Å². The molecule has 2 unspecified atom stereocenters. The Hall–Kier alpha value is -3.74. The molecule has 7 nitrogen and oxygen atoms in total. The van der Waals surface area contributed by atoms with Crippen molar-refractivity contribution >= 4 is 29.1 Å². The van der Waals surface area contributed by atoms with Crippen LogP contribution in [0.3, 0.4) is 0 Å². The molecule has 2 bridgehead atoms. The number of aromatic nitrogens is 2. The minimum Gasteiger partial charge on any atom is -0.349 e. The maximum atomic E-state index is 12.7. The molecule has 0 spiro atoms. The summed E-state index contributed by atoms with van der Waals surface area (Å²) in [6.07, 6.45) is 6.88. The Morgan fingerprint density at radius 3 is 2.67 bits per heavy atom. The van der Waals surface area contributed by atoms with Crippen LogP contribution in [0.5, 0.6) is 0 Å². The van der Waals surface area contributed by atoms with Crippen LogP contribution in [-0.4, -0.2) is 27.8 Å². The van der Waals surface area contributed by atoms with E-state index in [2.05, 4.69) is 20.9 Å². The molecule has 0 radical (unpaired) electrons. The second-order valence-electron chi connectivity index (χ2n) is 9.30. The van der Waals surface area contributed by atoms with E-state index in [0.29, 0.717) is 23.5 Å². The quantitative estimate of drug-likeness (QED) is 0.563. The van der Waals surface area contributed by atoms with Crippen LogP contribution in [0.1, 0.15) is 41.6 Å². The first-order valence-electron chi connectivity index (χ1n) is 11.6. The van der Waals surface area contributed by atoms with E-state index in [-0.39, 0.29) is 18.2 Å². The van der Waals surface area contributed by atoms with Crippen molar-refractivity contribution in [1.82, 2.24) is 15.3 Å². The van der Waals surface area contributed by atoms with Crippen LogP contribution in [0, 0.1) is 11.8 Å². The molecule has 2 heterocycles. The fourth-order valence-electron chi connectivity index (χ4n) is 5.50. The Labute approximate surface area is 192 Å². The van der Waals surface area contributed by atoms with Gasteiger partial charge in [0.15, 0.2) is 0 Å². The van der Waals surface area contributed by atoms with E-state index >= 15 is 0 Å². The van der Waals surface area contributed by atoms with E-state index in [1.807, 2.05) is 48.5 Å². The van der Waals surface area contributed by atoms with Crippen LogP contribution in [-0.2, 0) is 11.2 Å². The monoisotopic (exact) mass is 439 g/mol. The van der Waals surface area contributed by atoms with E-state index in [0.717, 1.165) is 40.5 Å². The van der Waals surface area contributed by atoms with Crippen molar-refractivity contribution in [2.75, 3.05) is 10.6 Å². The van der Waals surface area contributed by atoms with E-state index < -0.39 is 0 Å². The molecule has 1 aromatic heterocycles. The summed E-state index contributed by atoms with van der Waals surface area (Å²) in [7, 11) is 0. The smallest absolute Gasteiger partial charge is 0.251 e. The third-order valence-electron chi connectivity index (χ3n) is 7.13. The van der Waals surface area contributed by atoms with E-state index in [1.165, 1.54) is 19.3 Å². The number of nitrogens with zero attached hydrogens (tertiary/aromatic N) is 2. The van der Waals surface area contributed by atoms with Gasteiger partial charge in [0.1, 0.15) is 0 Å². The molecule has 2 aromatic carbocycles. The Bertz CT molecular complexity index is 1240. The number of carbonyl (C=O) groups excluding carboxylic acids is 2. The minimum absolute atomic E-state index is 0.00541. The number of fused-ring (bicyclic) bond motifs is 5. The number of amides is 2. The van der Waals surface area contributed by atoms with Crippen molar-refractivity contribution in [3.05, 3.63) is 65.9 Å². The average Bonchev–Trinajstić information content (AvgIpc) is 3.41. The molecular formula is C26H25N5O2. The molecule has 7 heteroatoms. The van der Waals surface area contributed by atoms with Gasteiger partial charge in [-0.2, -0.15) is 0 Å². The summed E-state index contributed by atoms with van der Waals surface area (Å²) >= 11 is 0. The number of anilines is 3. The summed E-state index contributed by atoms with van der Waals surface area (Å²) in [5.41, 5.74) is 4.60. The second-order valence-corrected chi connectivity index (χ2v) is 9.30. The molecule has 2 amide bonds. The lowest BCUT2D eigenvalue weighted by molar-refractivity contribution is -0.115. The summed E-state index contributed by atoms with van der Waals surface area (Å²) in [4.78, 5) is 34.0. The van der Waals surface area contributed by atoms with Gasteiger partial charge in [-0.05, 0) is 61.4 Å². The van der Waals surface area contributed by atoms with Crippen LogP contribution >= 0.6 is 0 Å². The van der Waals surface area contributed by atoms with Crippen molar-refractivity contribution in [3.8, 4) is 11.3 Å². The normalized spacial score (nSPS) is 22.7. The first-order chi connectivity index (χ1) is 16.1. The summed E-state index contributed by atoms with van der Waals surface area (Å²) in [5.74, 6) is 1.81. The van der Waals surface area contributed by atoms with Gasteiger partial charge in [0.2, 0.25) is 11.9 Å². The molecule has 3 N–H and O–H groups in total. The third kappa shape index (κ3) is 3.84. The highest BCUT2D eigenvalue weighted by Gasteiger charge is 2.40. The molecule has 3 aliphatic rings. The van der Waals surface area contributed by atoms with Crippen molar-refractivity contribution in [2.45, 2.75) is 38.1 Å². The predicted molar refractivity (Wildman–Crippen MR) is 126 cm³/mol. The predicted octanol–water partition coefficient (Wildman–Crippen LogP) is 4.30. The van der Waals surface area contributed by atoms with Crippen LogP contribution in [0.25, 0.3) is 11.3 Å². The van der Waals surface area contributed by atoms with Crippen molar-refractivity contribution in [1.29, 1.82) is 0 Å². The number of rotatable bonds is 4. The van der Waals surface area contributed by atoms with Gasteiger partial charge in [0.05, 0.1) is 17.8 Å². The molecule has 0 saturated heterocycles. The van der Waals surface area contributed by atoms with Crippen LogP contribution in [0.4, 0.5) is 17.3 Å². The zero-order valence-electron chi connectivity index (χ0n) is 18.2. The van der Waals surface area contributed by atoms with Gasteiger partial charge in [0.25, 0.3) is 5.91 Å². The van der Waals surface area contributed by atoms with Crippen molar-refractivity contribution < 1.29 is 9.59 Å². The van der Waals surface area contributed by atoms with Gasteiger partial charge in [-0.15, -0.1) is 0 Å². The summed E-state index contributed by atoms with van der Waals surface area (Å²) in [5, 5.41) is 9.37. The zero-order valence-corrected chi connectivity index (χ0v) is 18.2. The maximum absolute atomic E-state index is 12.7. The van der Waals surface area contributed by atoms with Crippen molar-refractivity contribution in [2.24, 2.45) is 11.8 Å².